The Hall–Kier alpha value is -3.21. The number of H-pyrrole nitrogens is 1. The van der Waals surface area contributed by atoms with Crippen LogP contribution < -0.4 is 0 Å². The van der Waals surface area contributed by atoms with Crippen molar-refractivity contribution in [2.24, 2.45) is 5.92 Å². The van der Waals surface area contributed by atoms with Gasteiger partial charge in [-0.1, -0.05) is 104 Å². The number of aromatic nitrogens is 2. The predicted octanol–water partition coefficient (Wildman–Crippen LogP) is 6.49. The van der Waals surface area contributed by atoms with Crippen LogP contribution in [0.2, 0.25) is 0 Å². The van der Waals surface area contributed by atoms with Gasteiger partial charge in [-0.2, -0.15) is 0 Å². The molecular weight excluding hydrogens is 428 g/mol. The van der Waals surface area contributed by atoms with E-state index in [1.807, 2.05) is 6.20 Å². The van der Waals surface area contributed by atoms with Crippen molar-refractivity contribution in [3.63, 3.8) is 0 Å². The molecule has 1 N–H and O–H groups in total. The first kappa shape index (κ1) is 23.5. The number of imidazole rings is 1. The van der Waals surface area contributed by atoms with Crippen LogP contribution in [0.3, 0.4) is 0 Å². The fraction of sp³-hybridized carbons (Fsp3) is 0.323. The van der Waals surface area contributed by atoms with Gasteiger partial charge in [0.25, 0.3) is 0 Å². The zero-order valence-corrected chi connectivity index (χ0v) is 21.1. The van der Waals surface area contributed by atoms with E-state index in [1.165, 1.54) is 22.4 Å². The summed E-state index contributed by atoms with van der Waals surface area (Å²) in [5, 5.41) is 0. The van der Waals surface area contributed by atoms with E-state index in [1.54, 1.807) is 0 Å². The average Bonchev–Trinajstić information content (AvgIpc) is 3.36. The first-order chi connectivity index (χ1) is 17.1. The lowest BCUT2D eigenvalue weighted by atomic mass is 9.95. The molecule has 0 amide bonds. The van der Waals surface area contributed by atoms with E-state index in [0.717, 1.165) is 37.6 Å². The predicted molar refractivity (Wildman–Crippen MR) is 144 cm³/mol. The molecule has 1 fully saturated rings. The molecule has 0 spiro atoms. The minimum atomic E-state index is 0.289. The van der Waals surface area contributed by atoms with Gasteiger partial charge in [0, 0.05) is 31.7 Å². The lowest BCUT2D eigenvalue weighted by molar-refractivity contribution is 0.0602. The summed E-state index contributed by atoms with van der Waals surface area (Å²) in [6.45, 7) is 10.9. The highest BCUT2D eigenvalue weighted by molar-refractivity contribution is 5.55. The second-order valence-electron chi connectivity index (χ2n) is 10.0. The minimum absolute atomic E-state index is 0.289. The van der Waals surface area contributed by atoms with E-state index in [-0.39, 0.29) is 6.04 Å². The Morgan fingerprint density at radius 1 is 0.714 bits per heavy atom. The van der Waals surface area contributed by atoms with Crippen LogP contribution in [0.25, 0.3) is 11.4 Å². The van der Waals surface area contributed by atoms with Crippen molar-refractivity contribution in [3.8, 4) is 11.4 Å². The van der Waals surface area contributed by atoms with Gasteiger partial charge in [0.15, 0.2) is 0 Å². The molecule has 1 unspecified atom stereocenters. The van der Waals surface area contributed by atoms with Gasteiger partial charge in [-0.15, -0.1) is 0 Å². The first-order valence-corrected chi connectivity index (χ1v) is 12.8. The van der Waals surface area contributed by atoms with Crippen LogP contribution in [0.1, 0.15) is 48.3 Å². The zero-order valence-electron chi connectivity index (χ0n) is 21.1. The molecule has 35 heavy (non-hydrogen) atoms. The largest absolute Gasteiger partial charge is 0.341 e. The summed E-state index contributed by atoms with van der Waals surface area (Å²) in [5.74, 6) is 1.45. The summed E-state index contributed by atoms with van der Waals surface area (Å²) in [4.78, 5) is 13.7. The van der Waals surface area contributed by atoms with Crippen LogP contribution in [0.4, 0.5) is 0 Å². The zero-order chi connectivity index (χ0) is 24.2. The molecule has 4 aromatic rings. The van der Waals surface area contributed by atoms with Gasteiger partial charge in [0.1, 0.15) is 5.82 Å². The fourth-order valence-electron chi connectivity index (χ4n) is 5.48. The maximum atomic E-state index is 4.74. The molecule has 0 saturated carbocycles. The molecule has 1 atom stereocenters. The molecule has 1 aliphatic rings. The average molecular weight is 465 g/mol. The van der Waals surface area contributed by atoms with Crippen molar-refractivity contribution in [3.05, 3.63) is 114 Å². The molecule has 4 heteroatoms. The topological polar surface area (TPSA) is 35.2 Å². The Labute approximate surface area is 209 Å². The van der Waals surface area contributed by atoms with Gasteiger partial charge >= 0.3 is 0 Å². The summed E-state index contributed by atoms with van der Waals surface area (Å²) in [5.41, 5.74) is 6.35. The van der Waals surface area contributed by atoms with Gasteiger partial charge in [-0.25, -0.2) is 4.98 Å². The normalized spacial score (nSPS) is 16.1. The van der Waals surface area contributed by atoms with E-state index in [4.69, 9.17) is 4.98 Å². The molecule has 5 rings (SSSR count). The lowest BCUT2D eigenvalue weighted by Crippen LogP contribution is -2.49. The Balaban J connectivity index is 1.34. The highest BCUT2D eigenvalue weighted by atomic mass is 15.3. The van der Waals surface area contributed by atoms with Crippen LogP contribution in [0.5, 0.6) is 0 Å². The van der Waals surface area contributed by atoms with Crippen molar-refractivity contribution >= 4 is 0 Å². The summed E-state index contributed by atoms with van der Waals surface area (Å²) in [7, 11) is 0. The second kappa shape index (κ2) is 10.6. The van der Waals surface area contributed by atoms with Crippen LogP contribution in [0.15, 0.2) is 91.1 Å². The molecule has 1 saturated heterocycles. The Morgan fingerprint density at radius 3 is 1.80 bits per heavy atom. The molecule has 0 radical (unpaired) electrons. The number of hydrogen-bond donors (Lipinski definition) is 1. The van der Waals surface area contributed by atoms with Gasteiger partial charge in [0.2, 0.25) is 0 Å². The Bertz CT molecular complexity index is 1150. The molecule has 1 aromatic heterocycles. The Morgan fingerprint density at radius 2 is 1.26 bits per heavy atom. The van der Waals surface area contributed by atoms with Crippen LogP contribution >= 0.6 is 0 Å². The molecule has 1 aliphatic heterocycles. The maximum Gasteiger partial charge on any atom is 0.137 e. The monoisotopic (exact) mass is 464 g/mol. The molecule has 3 aromatic carbocycles. The number of nitrogens with zero attached hydrogens (tertiary/aromatic N) is 3. The molecule has 0 aliphatic carbocycles. The van der Waals surface area contributed by atoms with Gasteiger partial charge < -0.3 is 4.98 Å². The van der Waals surface area contributed by atoms with Gasteiger partial charge in [-0.3, -0.25) is 9.80 Å². The second-order valence-corrected chi connectivity index (χ2v) is 10.0. The highest BCUT2D eigenvalue weighted by Gasteiger charge is 2.32. The third-order valence-electron chi connectivity index (χ3n) is 7.21. The number of piperazine rings is 1. The van der Waals surface area contributed by atoms with E-state index in [0.29, 0.717) is 12.0 Å². The van der Waals surface area contributed by atoms with E-state index in [9.17, 15) is 0 Å². The van der Waals surface area contributed by atoms with E-state index in [2.05, 4.69) is 120 Å². The standard InChI is InChI=1S/C31H36N4/c1-23(2)29(28-22-32-31(33-28)27-16-14-24(3)15-17-27)34-18-20-35(21-19-34)30(25-10-6-4-7-11-25)26-12-8-5-9-13-26/h4-17,22-23,29-30H,18-21H2,1-3H3,(H,32,33). The van der Waals surface area contributed by atoms with Crippen molar-refractivity contribution < 1.29 is 0 Å². The highest BCUT2D eigenvalue weighted by Crippen LogP contribution is 2.33. The summed E-state index contributed by atoms with van der Waals surface area (Å²) >= 11 is 0. The summed E-state index contributed by atoms with van der Waals surface area (Å²) in [6, 6.07) is 31.1. The number of nitrogens with one attached hydrogen (secondary N) is 1. The number of hydrogen-bond acceptors (Lipinski definition) is 3. The smallest absolute Gasteiger partial charge is 0.137 e. The maximum absolute atomic E-state index is 4.74. The quantitative estimate of drug-likeness (QED) is 0.339. The van der Waals surface area contributed by atoms with Crippen LogP contribution in [0, 0.1) is 12.8 Å². The minimum Gasteiger partial charge on any atom is -0.341 e. The molecule has 2 heterocycles. The van der Waals surface area contributed by atoms with Crippen molar-refractivity contribution in [2.75, 3.05) is 26.2 Å². The van der Waals surface area contributed by atoms with Crippen molar-refractivity contribution in [2.45, 2.75) is 32.9 Å². The van der Waals surface area contributed by atoms with E-state index >= 15 is 0 Å². The van der Waals surface area contributed by atoms with Crippen LogP contribution in [-0.4, -0.2) is 45.9 Å². The van der Waals surface area contributed by atoms with Crippen LogP contribution in [-0.2, 0) is 0 Å². The summed E-state index contributed by atoms with van der Waals surface area (Å²) in [6.07, 6.45) is 2.04. The van der Waals surface area contributed by atoms with Crippen molar-refractivity contribution in [1.82, 2.24) is 19.8 Å². The fourth-order valence-corrected chi connectivity index (χ4v) is 5.48. The van der Waals surface area contributed by atoms with Gasteiger partial charge in [0.05, 0.1) is 24.0 Å². The SMILES string of the molecule is Cc1ccc(-c2ncc(C(C(C)C)N3CCN(C(c4ccccc4)c4ccccc4)CC3)[nH]2)cc1. The molecular formula is C31H36N4. The Kier molecular flexibility index (Phi) is 7.12. The van der Waals surface area contributed by atoms with Crippen molar-refractivity contribution in [1.29, 1.82) is 0 Å². The number of aryl methyl sites for hydroxylation is 1. The molecule has 4 nitrogen and oxygen atoms in total. The number of benzene rings is 3. The first-order valence-electron chi connectivity index (χ1n) is 12.8. The van der Waals surface area contributed by atoms with Gasteiger partial charge in [-0.05, 0) is 24.0 Å². The number of rotatable bonds is 7. The third-order valence-corrected chi connectivity index (χ3v) is 7.21. The lowest BCUT2D eigenvalue weighted by Gasteiger charge is -2.43. The third kappa shape index (κ3) is 5.24. The molecule has 180 valence electrons. The number of aromatic amines is 1. The molecule has 0 bridgehead atoms. The van der Waals surface area contributed by atoms with E-state index < -0.39 is 0 Å². The summed E-state index contributed by atoms with van der Waals surface area (Å²) < 4.78 is 0.